The second-order valence-corrected chi connectivity index (χ2v) is 6.17. The van der Waals surface area contributed by atoms with Crippen molar-refractivity contribution >= 4 is 23.2 Å². The van der Waals surface area contributed by atoms with Crippen molar-refractivity contribution in [1.82, 2.24) is 5.16 Å². The molecule has 0 unspecified atom stereocenters. The maximum atomic E-state index is 13.3. The largest absolute Gasteiger partial charge is 0.487 e. The third-order valence-electron chi connectivity index (χ3n) is 3.82. The van der Waals surface area contributed by atoms with E-state index >= 15 is 0 Å². The highest BCUT2D eigenvalue weighted by molar-refractivity contribution is 6.32. The van der Waals surface area contributed by atoms with Gasteiger partial charge in [0.15, 0.2) is 11.4 Å². The molecular formula is C19H14ClF3N2O4. The molecule has 1 heterocycles. The van der Waals surface area contributed by atoms with Crippen LogP contribution in [0, 0.1) is 12.7 Å². The second kappa shape index (κ2) is 8.87. The molecule has 0 saturated heterocycles. The number of amides is 1. The van der Waals surface area contributed by atoms with Crippen LogP contribution in [0.1, 0.15) is 21.8 Å². The van der Waals surface area contributed by atoms with Crippen LogP contribution in [0.4, 0.5) is 18.9 Å². The summed E-state index contributed by atoms with van der Waals surface area (Å²) in [5, 5.41) is 6.43. The van der Waals surface area contributed by atoms with Gasteiger partial charge in [-0.3, -0.25) is 4.79 Å². The summed E-state index contributed by atoms with van der Waals surface area (Å²) in [7, 11) is 0. The minimum Gasteiger partial charge on any atom is -0.487 e. The average molecular weight is 427 g/mol. The number of carbonyl (C=O) groups excluding carboxylic acids is 1. The highest BCUT2D eigenvalue weighted by Crippen LogP contribution is 2.29. The standard InChI is InChI=1S/C19H14ClF3N2O4/c1-10-12(9-27-15-5-3-2-4-13(15)20)17(25-29-10)18(26)24-14-7-6-11(21)8-16(14)28-19(22)23/h2-8,19H,9H2,1H3,(H,24,26). The van der Waals surface area contributed by atoms with Crippen LogP contribution >= 0.6 is 11.6 Å². The van der Waals surface area contributed by atoms with Gasteiger partial charge in [0.2, 0.25) is 0 Å². The Bertz CT molecular complexity index is 1030. The van der Waals surface area contributed by atoms with Crippen LogP contribution in [-0.2, 0) is 6.61 Å². The number of carbonyl (C=O) groups is 1. The normalized spacial score (nSPS) is 10.8. The van der Waals surface area contributed by atoms with Crippen molar-refractivity contribution in [2.75, 3.05) is 5.32 Å². The molecule has 0 bridgehead atoms. The van der Waals surface area contributed by atoms with E-state index in [2.05, 4.69) is 15.2 Å². The number of anilines is 1. The van der Waals surface area contributed by atoms with Crippen LogP contribution in [0.25, 0.3) is 0 Å². The van der Waals surface area contributed by atoms with Gasteiger partial charge in [-0.15, -0.1) is 0 Å². The number of nitrogens with zero attached hydrogens (tertiary/aromatic N) is 1. The number of ether oxygens (including phenoxy) is 2. The third-order valence-corrected chi connectivity index (χ3v) is 4.13. The van der Waals surface area contributed by atoms with Crippen molar-refractivity contribution in [3.63, 3.8) is 0 Å². The summed E-state index contributed by atoms with van der Waals surface area (Å²) in [6.45, 7) is -1.69. The molecule has 0 spiro atoms. The predicted molar refractivity (Wildman–Crippen MR) is 98.0 cm³/mol. The Morgan fingerprint density at radius 3 is 2.72 bits per heavy atom. The molecular weight excluding hydrogens is 413 g/mol. The van der Waals surface area contributed by atoms with Gasteiger partial charge in [0.25, 0.3) is 5.91 Å². The van der Waals surface area contributed by atoms with Gasteiger partial charge in [-0.05, 0) is 31.2 Å². The molecule has 1 N–H and O–H groups in total. The van der Waals surface area contributed by atoms with Crippen molar-refractivity contribution < 1.29 is 32.0 Å². The van der Waals surface area contributed by atoms with Crippen molar-refractivity contribution in [2.45, 2.75) is 20.1 Å². The van der Waals surface area contributed by atoms with E-state index in [-0.39, 0.29) is 18.0 Å². The number of hydrogen-bond acceptors (Lipinski definition) is 5. The molecule has 0 atom stereocenters. The van der Waals surface area contributed by atoms with Crippen LogP contribution in [0.3, 0.4) is 0 Å². The molecule has 10 heteroatoms. The first-order valence-corrected chi connectivity index (χ1v) is 8.61. The molecule has 0 aliphatic rings. The average Bonchev–Trinajstić information content (AvgIpc) is 3.03. The minimum absolute atomic E-state index is 0.0777. The van der Waals surface area contributed by atoms with Gasteiger partial charge in [-0.1, -0.05) is 28.9 Å². The second-order valence-electron chi connectivity index (χ2n) is 5.76. The van der Waals surface area contributed by atoms with Gasteiger partial charge in [-0.2, -0.15) is 8.78 Å². The number of aryl methyl sites for hydroxylation is 1. The van der Waals surface area contributed by atoms with Gasteiger partial charge in [-0.25, -0.2) is 4.39 Å². The van der Waals surface area contributed by atoms with E-state index in [1.54, 1.807) is 31.2 Å². The molecule has 0 saturated carbocycles. The fourth-order valence-electron chi connectivity index (χ4n) is 2.43. The Kier molecular flexibility index (Phi) is 6.28. The lowest BCUT2D eigenvalue weighted by atomic mass is 10.2. The molecule has 152 valence electrons. The zero-order valence-corrected chi connectivity index (χ0v) is 15.7. The first kappa shape index (κ1) is 20.5. The van der Waals surface area contributed by atoms with Crippen LogP contribution in [0.5, 0.6) is 11.5 Å². The summed E-state index contributed by atoms with van der Waals surface area (Å²) in [6, 6.07) is 9.58. The molecule has 6 nitrogen and oxygen atoms in total. The zero-order chi connectivity index (χ0) is 21.0. The fraction of sp³-hybridized carbons (Fsp3) is 0.158. The van der Waals surface area contributed by atoms with E-state index in [0.29, 0.717) is 22.1 Å². The van der Waals surface area contributed by atoms with E-state index in [9.17, 15) is 18.0 Å². The van der Waals surface area contributed by atoms with Crippen molar-refractivity contribution in [1.29, 1.82) is 0 Å². The molecule has 0 aliphatic carbocycles. The molecule has 1 aromatic heterocycles. The summed E-state index contributed by atoms with van der Waals surface area (Å²) in [5.41, 5.74) is 0.0538. The lowest BCUT2D eigenvalue weighted by Crippen LogP contribution is -2.17. The minimum atomic E-state index is -3.19. The highest BCUT2D eigenvalue weighted by Gasteiger charge is 2.22. The number of para-hydroxylation sites is 1. The van der Waals surface area contributed by atoms with E-state index in [4.69, 9.17) is 20.9 Å². The monoisotopic (exact) mass is 426 g/mol. The van der Waals surface area contributed by atoms with Crippen molar-refractivity contribution in [2.24, 2.45) is 0 Å². The maximum Gasteiger partial charge on any atom is 0.387 e. The van der Waals surface area contributed by atoms with Gasteiger partial charge in [0.1, 0.15) is 23.9 Å². The third kappa shape index (κ3) is 5.00. The zero-order valence-electron chi connectivity index (χ0n) is 14.9. The van der Waals surface area contributed by atoms with Gasteiger partial charge in [0, 0.05) is 6.07 Å². The smallest absolute Gasteiger partial charge is 0.387 e. The number of rotatable bonds is 7. The summed E-state index contributed by atoms with van der Waals surface area (Å²) >= 11 is 6.04. The van der Waals surface area contributed by atoms with Gasteiger partial charge >= 0.3 is 6.61 Å². The molecule has 2 aromatic carbocycles. The Morgan fingerprint density at radius 1 is 1.24 bits per heavy atom. The van der Waals surface area contributed by atoms with Crippen LogP contribution in [0.15, 0.2) is 47.0 Å². The van der Waals surface area contributed by atoms with E-state index < -0.39 is 24.1 Å². The number of alkyl halides is 2. The molecule has 0 fully saturated rings. The summed E-state index contributed by atoms with van der Waals surface area (Å²) in [5.74, 6) is -1.38. The SMILES string of the molecule is Cc1onc(C(=O)Nc2ccc(F)cc2OC(F)F)c1COc1ccccc1Cl. The van der Waals surface area contributed by atoms with Crippen molar-refractivity contribution in [3.05, 3.63) is 70.3 Å². The van der Waals surface area contributed by atoms with E-state index in [0.717, 1.165) is 18.2 Å². The number of halogens is 4. The number of hydrogen-bond donors (Lipinski definition) is 1. The van der Waals surface area contributed by atoms with Gasteiger partial charge < -0.3 is 19.3 Å². The lowest BCUT2D eigenvalue weighted by Gasteiger charge is -2.12. The predicted octanol–water partition coefficient (Wildman–Crippen LogP) is 5.21. The first-order valence-electron chi connectivity index (χ1n) is 8.23. The quantitative estimate of drug-likeness (QED) is 0.561. The Hall–Kier alpha value is -3.20. The molecule has 3 rings (SSSR count). The number of benzene rings is 2. The Morgan fingerprint density at radius 2 is 2.00 bits per heavy atom. The summed E-state index contributed by atoms with van der Waals surface area (Å²) < 4.78 is 53.3. The van der Waals surface area contributed by atoms with Crippen LogP contribution in [0.2, 0.25) is 5.02 Å². The van der Waals surface area contributed by atoms with Crippen molar-refractivity contribution in [3.8, 4) is 11.5 Å². The highest BCUT2D eigenvalue weighted by atomic mass is 35.5. The first-order chi connectivity index (χ1) is 13.8. The topological polar surface area (TPSA) is 73.6 Å². The van der Waals surface area contributed by atoms with Crippen LogP contribution in [-0.4, -0.2) is 17.7 Å². The maximum absolute atomic E-state index is 13.3. The molecule has 1 amide bonds. The molecule has 0 radical (unpaired) electrons. The van der Waals surface area contributed by atoms with Gasteiger partial charge in [0.05, 0.1) is 16.3 Å². The van der Waals surface area contributed by atoms with E-state index in [1.165, 1.54) is 0 Å². The molecule has 29 heavy (non-hydrogen) atoms. The fourth-order valence-corrected chi connectivity index (χ4v) is 2.62. The van der Waals surface area contributed by atoms with E-state index in [1.807, 2.05) is 0 Å². The molecule has 3 aromatic rings. The Balaban J connectivity index is 1.80. The number of nitrogens with one attached hydrogen (secondary N) is 1. The molecule has 0 aliphatic heterocycles. The number of aromatic nitrogens is 1. The lowest BCUT2D eigenvalue weighted by molar-refractivity contribution is -0.0495. The van der Waals surface area contributed by atoms with Crippen LogP contribution < -0.4 is 14.8 Å². The summed E-state index contributed by atoms with van der Waals surface area (Å²) in [4.78, 5) is 12.6. The Labute approximate surface area is 168 Å². The summed E-state index contributed by atoms with van der Waals surface area (Å²) in [6.07, 6.45) is 0.